The molecular weight excluding hydrogens is 292 g/mol. The lowest BCUT2D eigenvalue weighted by molar-refractivity contribution is -0.140. The van der Waals surface area contributed by atoms with E-state index in [9.17, 15) is 4.79 Å². The summed E-state index contributed by atoms with van der Waals surface area (Å²) in [4.78, 5) is 19.5. The maximum absolute atomic E-state index is 13.1. The van der Waals surface area contributed by atoms with E-state index in [2.05, 4.69) is 10.1 Å². The average molecular weight is 316 g/mol. The third kappa shape index (κ3) is 2.78. The highest BCUT2D eigenvalue weighted by molar-refractivity contribution is 5.84. The number of carbonyl (C=O) groups excluding carboxylic acids is 1. The SMILES string of the molecule is CC(C)c1noc([C@@H]2CCCN2C(=O)C(C)(C)n2cccc2)n1. The van der Waals surface area contributed by atoms with Gasteiger partial charge in [0.25, 0.3) is 0 Å². The van der Waals surface area contributed by atoms with Crippen molar-refractivity contribution in [2.75, 3.05) is 6.54 Å². The molecule has 1 aliphatic heterocycles. The Morgan fingerprint density at radius 2 is 2.04 bits per heavy atom. The van der Waals surface area contributed by atoms with Crippen LogP contribution >= 0.6 is 0 Å². The van der Waals surface area contributed by atoms with Gasteiger partial charge in [-0.05, 0) is 38.8 Å². The molecule has 6 nitrogen and oxygen atoms in total. The van der Waals surface area contributed by atoms with E-state index < -0.39 is 5.54 Å². The number of nitrogens with zero attached hydrogens (tertiary/aromatic N) is 4. The standard InChI is InChI=1S/C17H24N4O2/c1-12(2)14-18-15(23-19-14)13-8-7-11-21(13)16(22)17(3,4)20-9-5-6-10-20/h5-6,9-10,12-13H,7-8,11H2,1-4H3/t13-/m0/s1. The van der Waals surface area contributed by atoms with E-state index in [1.54, 1.807) is 0 Å². The van der Waals surface area contributed by atoms with Gasteiger partial charge in [0.2, 0.25) is 11.8 Å². The van der Waals surface area contributed by atoms with Gasteiger partial charge < -0.3 is 14.0 Å². The molecule has 3 heterocycles. The first-order chi connectivity index (χ1) is 10.9. The summed E-state index contributed by atoms with van der Waals surface area (Å²) in [7, 11) is 0. The molecular formula is C17H24N4O2. The van der Waals surface area contributed by atoms with E-state index in [1.807, 2.05) is 61.7 Å². The molecule has 0 aliphatic carbocycles. The van der Waals surface area contributed by atoms with Gasteiger partial charge in [0.15, 0.2) is 5.82 Å². The normalized spacial score (nSPS) is 18.8. The van der Waals surface area contributed by atoms with Crippen LogP contribution < -0.4 is 0 Å². The van der Waals surface area contributed by atoms with E-state index in [4.69, 9.17) is 4.52 Å². The van der Waals surface area contributed by atoms with Gasteiger partial charge in [0.1, 0.15) is 11.6 Å². The van der Waals surface area contributed by atoms with Gasteiger partial charge in [0, 0.05) is 24.9 Å². The number of amides is 1. The fourth-order valence-corrected chi connectivity index (χ4v) is 3.05. The molecule has 1 atom stereocenters. The molecule has 2 aromatic rings. The Hall–Kier alpha value is -2.11. The van der Waals surface area contributed by atoms with Crippen molar-refractivity contribution in [1.82, 2.24) is 19.6 Å². The van der Waals surface area contributed by atoms with Crippen LogP contribution in [0, 0.1) is 0 Å². The molecule has 0 radical (unpaired) electrons. The fraction of sp³-hybridized carbons (Fsp3) is 0.588. The summed E-state index contributed by atoms with van der Waals surface area (Å²) in [6, 6.07) is 3.75. The average Bonchev–Trinajstić information content (AvgIpc) is 3.24. The minimum atomic E-state index is -0.632. The number of rotatable bonds is 4. The number of aromatic nitrogens is 3. The predicted octanol–water partition coefficient (Wildman–Crippen LogP) is 3.09. The molecule has 0 aromatic carbocycles. The molecule has 0 saturated carbocycles. The van der Waals surface area contributed by atoms with Crippen LogP contribution in [0.15, 0.2) is 29.0 Å². The summed E-state index contributed by atoms with van der Waals surface area (Å²) in [6.45, 7) is 8.67. The van der Waals surface area contributed by atoms with Crippen molar-refractivity contribution in [2.45, 2.75) is 58.0 Å². The summed E-state index contributed by atoms with van der Waals surface area (Å²) >= 11 is 0. The zero-order valence-corrected chi connectivity index (χ0v) is 14.2. The van der Waals surface area contributed by atoms with E-state index >= 15 is 0 Å². The van der Waals surface area contributed by atoms with Crippen LogP contribution in [0.3, 0.4) is 0 Å². The summed E-state index contributed by atoms with van der Waals surface area (Å²) in [6.07, 6.45) is 5.67. The molecule has 2 aromatic heterocycles. The lowest BCUT2D eigenvalue weighted by atomic mass is 10.0. The Morgan fingerprint density at radius 1 is 1.35 bits per heavy atom. The second-order valence-corrected chi connectivity index (χ2v) is 6.95. The Labute approximate surface area is 136 Å². The van der Waals surface area contributed by atoms with E-state index in [-0.39, 0.29) is 17.9 Å². The van der Waals surface area contributed by atoms with Gasteiger partial charge >= 0.3 is 0 Å². The fourth-order valence-electron chi connectivity index (χ4n) is 3.05. The topological polar surface area (TPSA) is 64.2 Å². The quantitative estimate of drug-likeness (QED) is 0.869. The van der Waals surface area contributed by atoms with Gasteiger partial charge in [-0.3, -0.25) is 4.79 Å². The first-order valence-corrected chi connectivity index (χ1v) is 8.19. The lowest BCUT2D eigenvalue weighted by Crippen LogP contribution is -2.46. The molecule has 1 amide bonds. The summed E-state index contributed by atoms with van der Waals surface area (Å²) in [5.41, 5.74) is -0.632. The van der Waals surface area contributed by atoms with Crippen molar-refractivity contribution in [3.05, 3.63) is 36.2 Å². The minimum Gasteiger partial charge on any atom is -0.340 e. The summed E-state index contributed by atoms with van der Waals surface area (Å²) < 4.78 is 7.37. The highest BCUT2D eigenvalue weighted by Crippen LogP contribution is 2.34. The molecule has 3 rings (SSSR count). The van der Waals surface area contributed by atoms with Crippen molar-refractivity contribution in [3.63, 3.8) is 0 Å². The highest BCUT2D eigenvalue weighted by Gasteiger charge is 2.41. The number of hydrogen-bond donors (Lipinski definition) is 0. The van der Waals surface area contributed by atoms with Gasteiger partial charge in [0.05, 0.1) is 0 Å². The van der Waals surface area contributed by atoms with Crippen LogP contribution in [0.25, 0.3) is 0 Å². The highest BCUT2D eigenvalue weighted by atomic mass is 16.5. The molecule has 124 valence electrons. The third-order valence-electron chi connectivity index (χ3n) is 4.55. The number of hydrogen-bond acceptors (Lipinski definition) is 4. The largest absolute Gasteiger partial charge is 0.340 e. The van der Waals surface area contributed by atoms with Crippen LogP contribution in [0.2, 0.25) is 0 Å². The van der Waals surface area contributed by atoms with Crippen LogP contribution in [0.1, 0.15) is 64.2 Å². The molecule has 0 bridgehead atoms. The Balaban J connectivity index is 1.84. The van der Waals surface area contributed by atoms with Gasteiger partial charge in [-0.2, -0.15) is 4.98 Å². The van der Waals surface area contributed by atoms with Crippen LogP contribution in [-0.4, -0.2) is 32.1 Å². The zero-order valence-electron chi connectivity index (χ0n) is 14.2. The van der Waals surface area contributed by atoms with Gasteiger partial charge in [-0.25, -0.2) is 0 Å². The molecule has 0 spiro atoms. The van der Waals surface area contributed by atoms with Crippen LogP contribution in [-0.2, 0) is 10.3 Å². The molecule has 1 aliphatic rings. The monoisotopic (exact) mass is 316 g/mol. The first-order valence-electron chi connectivity index (χ1n) is 8.19. The maximum Gasteiger partial charge on any atom is 0.249 e. The second kappa shape index (κ2) is 5.83. The number of carbonyl (C=O) groups is 1. The first kappa shape index (κ1) is 15.8. The smallest absolute Gasteiger partial charge is 0.249 e. The molecule has 0 unspecified atom stereocenters. The second-order valence-electron chi connectivity index (χ2n) is 6.95. The van der Waals surface area contributed by atoms with Crippen molar-refractivity contribution < 1.29 is 9.32 Å². The van der Waals surface area contributed by atoms with Crippen molar-refractivity contribution >= 4 is 5.91 Å². The summed E-state index contributed by atoms with van der Waals surface area (Å²) in [5, 5.41) is 4.04. The van der Waals surface area contributed by atoms with Crippen molar-refractivity contribution in [2.24, 2.45) is 0 Å². The van der Waals surface area contributed by atoms with Crippen molar-refractivity contribution in [1.29, 1.82) is 0 Å². The lowest BCUT2D eigenvalue weighted by Gasteiger charge is -2.33. The van der Waals surface area contributed by atoms with Crippen LogP contribution in [0.4, 0.5) is 0 Å². The van der Waals surface area contributed by atoms with Crippen molar-refractivity contribution in [3.8, 4) is 0 Å². The maximum atomic E-state index is 13.1. The van der Waals surface area contributed by atoms with E-state index in [0.717, 1.165) is 19.4 Å². The Morgan fingerprint density at radius 3 is 2.65 bits per heavy atom. The molecule has 23 heavy (non-hydrogen) atoms. The molecule has 0 N–H and O–H groups in total. The van der Waals surface area contributed by atoms with E-state index in [1.165, 1.54) is 0 Å². The summed E-state index contributed by atoms with van der Waals surface area (Å²) in [5.74, 6) is 1.56. The number of likely N-dealkylation sites (tertiary alicyclic amines) is 1. The Kier molecular flexibility index (Phi) is 4.00. The van der Waals surface area contributed by atoms with E-state index in [0.29, 0.717) is 11.7 Å². The van der Waals surface area contributed by atoms with Crippen LogP contribution in [0.5, 0.6) is 0 Å². The third-order valence-corrected chi connectivity index (χ3v) is 4.55. The predicted molar refractivity (Wildman–Crippen MR) is 85.8 cm³/mol. The Bertz CT molecular complexity index is 673. The van der Waals surface area contributed by atoms with Gasteiger partial charge in [-0.15, -0.1) is 0 Å². The molecule has 1 fully saturated rings. The molecule has 6 heteroatoms. The van der Waals surface area contributed by atoms with Gasteiger partial charge in [-0.1, -0.05) is 19.0 Å². The minimum absolute atomic E-state index is 0.0838. The molecule has 1 saturated heterocycles. The zero-order chi connectivity index (χ0) is 16.6.